The molecule has 5 heteroatoms. The third-order valence-corrected chi connectivity index (χ3v) is 3.95. The molecule has 0 saturated carbocycles. The lowest BCUT2D eigenvalue weighted by Crippen LogP contribution is -2.47. The van der Waals surface area contributed by atoms with Crippen molar-refractivity contribution >= 4 is 5.91 Å². The smallest absolute Gasteiger partial charge is 0.234 e. The van der Waals surface area contributed by atoms with Gasteiger partial charge in [-0.25, -0.2) is 0 Å². The Balaban J connectivity index is 2.21. The lowest BCUT2D eigenvalue weighted by Gasteiger charge is -2.34. The van der Waals surface area contributed by atoms with Crippen LogP contribution >= 0.6 is 0 Å². The van der Waals surface area contributed by atoms with Gasteiger partial charge in [-0.1, -0.05) is 12.5 Å². The first-order chi connectivity index (χ1) is 10.5. The Hall–Kier alpha value is -1.75. The predicted molar refractivity (Wildman–Crippen MR) is 86.0 cm³/mol. The summed E-state index contributed by atoms with van der Waals surface area (Å²) >= 11 is 0. The van der Waals surface area contributed by atoms with Crippen molar-refractivity contribution in [1.29, 1.82) is 0 Å². The summed E-state index contributed by atoms with van der Waals surface area (Å²) in [7, 11) is 1.64. The highest BCUT2D eigenvalue weighted by Gasteiger charge is 2.27. The molecule has 1 heterocycles. The molecule has 1 aliphatic rings. The van der Waals surface area contributed by atoms with Gasteiger partial charge in [-0.15, -0.1) is 0 Å². The van der Waals surface area contributed by atoms with E-state index in [9.17, 15) is 4.79 Å². The van der Waals surface area contributed by atoms with Gasteiger partial charge in [0.2, 0.25) is 5.91 Å². The molecule has 5 nitrogen and oxygen atoms in total. The van der Waals surface area contributed by atoms with Crippen LogP contribution in [0.1, 0.15) is 38.7 Å². The Morgan fingerprint density at radius 1 is 1.41 bits per heavy atom. The van der Waals surface area contributed by atoms with E-state index in [0.29, 0.717) is 6.54 Å². The molecule has 122 valence electrons. The number of benzene rings is 1. The second-order valence-corrected chi connectivity index (χ2v) is 6.02. The Morgan fingerprint density at radius 3 is 2.82 bits per heavy atom. The van der Waals surface area contributed by atoms with Crippen molar-refractivity contribution in [3.05, 3.63) is 23.8 Å². The molecule has 1 saturated heterocycles. The fraction of sp³-hybridized carbons (Fsp3) is 0.588. The maximum Gasteiger partial charge on any atom is 0.234 e. The Labute approximate surface area is 132 Å². The van der Waals surface area contributed by atoms with E-state index in [1.165, 1.54) is 0 Å². The van der Waals surface area contributed by atoms with E-state index in [2.05, 4.69) is 4.90 Å². The third kappa shape index (κ3) is 4.13. The summed E-state index contributed by atoms with van der Waals surface area (Å²) in [5, 5.41) is 0. The topological polar surface area (TPSA) is 64.8 Å². The molecule has 2 N–H and O–H groups in total. The van der Waals surface area contributed by atoms with Crippen molar-refractivity contribution in [3.63, 3.8) is 0 Å². The van der Waals surface area contributed by atoms with Crippen LogP contribution in [0.25, 0.3) is 0 Å². The number of hydrogen-bond acceptors (Lipinski definition) is 4. The minimum atomic E-state index is -0.237. The summed E-state index contributed by atoms with van der Waals surface area (Å²) in [5.41, 5.74) is 6.60. The first kappa shape index (κ1) is 16.6. The predicted octanol–water partition coefficient (Wildman–Crippen LogP) is 2.32. The SMILES string of the molecule is COc1ccc(CN2CCCCC2C(N)=O)c(OC(C)C)c1. The van der Waals surface area contributed by atoms with E-state index in [1.807, 2.05) is 32.0 Å². The van der Waals surface area contributed by atoms with Gasteiger partial charge < -0.3 is 15.2 Å². The van der Waals surface area contributed by atoms with Crippen molar-refractivity contribution in [2.45, 2.75) is 51.8 Å². The molecule has 1 amide bonds. The molecule has 1 atom stereocenters. The second-order valence-electron chi connectivity index (χ2n) is 6.02. The zero-order chi connectivity index (χ0) is 16.1. The number of carbonyl (C=O) groups excluding carboxylic acids is 1. The van der Waals surface area contributed by atoms with Crippen LogP contribution in [0.15, 0.2) is 18.2 Å². The number of likely N-dealkylation sites (tertiary alicyclic amines) is 1. The van der Waals surface area contributed by atoms with E-state index in [4.69, 9.17) is 15.2 Å². The summed E-state index contributed by atoms with van der Waals surface area (Å²) in [6.45, 7) is 5.55. The van der Waals surface area contributed by atoms with Crippen molar-refractivity contribution in [2.75, 3.05) is 13.7 Å². The lowest BCUT2D eigenvalue weighted by atomic mass is 10.0. The number of nitrogens with zero attached hydrogens (tertiary/aromatic N) is 1. The average molecular weight is 306 g/mol. The van der Waals surface area contributed by atoms with E-state index >= 15 is 0 Å². The van der Waals surface area contributed by atoms with Gasteiger partial charge in [0.05, 0.1) is 19.3 Å². The van der Waals surface area contributed by atoms with Crippen LogP contribution in [0.4, 0.5) is 0 Å². The highest BCUT2D eigenvalue weighted by molar-refractivity contribution is 5.79. The number of methoxy groups -OCH3 is 1. The van der Waals surface area contributed by atoms with E-state index in [0.717, 1.165) is 42.9 Å². The first-order valence-electron chi connectivity index (χ1n) is 7.88. The van der Waals surface area contributed by atoms with Crippen molar-refractivity contribution < 1.29 is 14.3 Å². The molecule has 1 aromatic rings. The molecule has 0 radical (unpaired) electrons. The molecule has 0 spiro atoms. The van der Waals surface area contributed by atoms with Crippen LogP contribution in [-0.4, -0.2) is 36.6 Å². The van der Waals surface area contributed by atoms with Crippen LogP contribution < -0.4 is 15.2 Å². The molecular weight excluding hydrogens is 280 g/mol. The molecule has 2 rings (SSSR count). The third-order valence-electron chi connectivity index (χ3n) is 3.95. The molecule has 0 aromatic heterocycles. The molecule has 1 aromatic carbocycles. The highest BCUT2D eigenvalue weighted by atomic mass is 16.5. The highest BCUT2D eigenvalue weighted by Crippen LogP contribution is 2.29. The summed E-state index contributed by atoms with van der Waals surface area (Å²) in [5.74, 6) is 1.34. The summed E-state index contributed by atoms with van der Waals surface area (Å²) in [6, 6.07) is 5.65. The summed E-state index contributed by atoms with van der Waals surface area (Å²) in [6.07, 6.45) is 3.08. The van der Waals surface area contributed by atoms with Gasteiger partial charge in [-0.2, -0.15) is 0 Å². The quantitative estimate of drug-likeness (QED) is 0.876. The largest absolute Gasteiger partial charge is 0.497 e. The number of ether oxygens (including phenoxy) is 2. The number of amides is 1. The standard InChI is InChI=1S/C17H26N2O3/c1-12(2)22-16-10-14(21-3)8-7-13(16)11-19-9-5-4-6-15(19)17(18)20/h7-8,10,12,15H,4-6,9,11H2,1-3H3,(H2,18,20). The Bertz CT molecular complexity index is 517. The van der Waals surface area contributed by atoms with Gasteiger partial charge >= 0.3 is 0 Å². The Kier molecular flexibility index (Phi) is 5.66. The maximum absolute atomic E-state index is 11.6. The Morgan fingerprint density at radius 2 is 2.18 bits per heavy atom. The zero-order valence-corrected chi connectivity index (χ0v) is 13.7. The molecule has 1 fully saturated rings. The molecule has 0 bridgehead atoms. The van der Waals surface area contributed by atoms with Crippen molar-refractivity contribution in [1.82, 2.24) is 4.90 Å². The number of carbonyl (C=O) groups is 1. The number of nitrogens with two attached hydrogens (primary N) is 1. The van der Waals surface area contributed by atoms with Crippen molar-refractivity contribution in [2.24, 2.45) is 5.73 Å². The average Bonchev–Trinajstić information content (AvgIpc) is 2.48. The molecule has 0 aliphatic carbocycles. The monoisotopic (exact) mass is 306 g/mol. The fourth-order valence-corrected chi connectivity index (χ4v) is 2.88. The number of rotatable bonds is 6. The van der Waals surface area contributed by atoms with Gasteiger partial charge in [0.25, 0.3) is 0 Å². The lowest BCUT2D eigenvalue weighted by molar-refractivity contribution is -0.124. The first-order valence-corrected chi connectivity index (χ1v) is 7.88. The van der Waals surface area contributed by atoms with Crippen molar-refractivity contribution in [3.8, 4) is 11.5 Å². The fourth-order valence-electron chi connectivity index (χ4n) is 2.88. The molecule has 1 unspecified atom stereocenters. The number of piperidine rings is 1. The van der Waals surface area contributed by atoms with Crippen LogP contribution in [-0.2, 0) is 11.3 Å². The summed E-state index contributed by atoms with van der Waals surface area (Å²) in [4.78, 5) is 13.8. The summed E-state index contributed by atoms with van der Waals surface area (Å²) < 4.78 is 11.2. The molecular formula is C17H26N2O3. The number of hydrogen-bond donors (Lipinski definition) is 1. The normalized spacial score (nSPS) is 19.2. The van der Waals surface area contributed by atoms with Crippen LogP contribution in [0, 0.1) is 0 Å². The van der Waals surface area contributed by atoms with Gasteiger partial charge in [-0.05, 0) is 39.3 Å². The van der Waals surface area contributed by atoms with Gasteiger partial charge in [-0.3, -0.25) is 9.69 Å². The second kappa shape index (κ2) is 7.49. The van der Waals surface area contributed by atoms with Crippen LogP contribution in [0.2, 0.25) is 0 Å². The minimum Gasteiger partial charge on any atom is -0.497 e. The van der Waals surface area contributed by atoms with Crippen LogP contribution in [0.3, 0.4) is 0 Å². The molecule has 1 aliphatic heterocycles. The minimum absolute atomic E-state index is 0.0825. The molecule has 22 heavy (non-hydrogen) atoms. The van der Waals surface area contributed by atoms with Gasteiger partial charge in [0.15, 0.2) is 0 Å². The van der Waals surface area contributed by atoms with Gasteiger partial charge in [0, 0.05) is 18.2 Å². The van der Waals surface area contributed by atoms with E-state index in [-0.39, 0.29) is 18.1 Å². The van der Waals surface area contributed by atoms with Crippen LogP contribution in [0.5, 0.6) is 11.5 Å². The number of primary amides is 1. The van der Waals surface area contributed by atoms with Gasteiger partial charge in [0.1, 0.15) is 11.5 Å². The van der Waals surface area contributed by atoms with E-state index < -0.39 is 0 Å². The van der Waals surface area contributed by atoms with E-state index in [1.54, 1.807) is 7.11 Å². The maximum atomic E-state index is 11.6. The zero-order valence-electron chi connectivity index (χ0n) is 13.7.